The maximum absolute atomic E-state index is 11.9. The predicted octanol–water partition coefficient (Wildman–Crippen LogP) is 1.96. The van der Waals surface area contributed by atoms with Crippen LogP contribution in [-0.4, -0.2) is 47.3 Å². The van der Waals surface area contributed by atoms with Crippen molar-refractivity contribution < 1.29 is 19.1 Å². The van der Waals surface area contributed by atoms with Crippen molar-refractivity contribution in [3.05, 3.63) is 30.3 Å². The molecule has 1 aromatic rings. The second kappa shape index (κ2) is 8.39. The van der Waals surface area contributed by atoms with Crippen LogP contribution in [-0.2, 0) is 14.3 Å². The fraction of sp³-hybridized carbons (Fsp3) is 0.529. The average molecular weight is 350 g/mol. The topological polar surface area (TPSA) is 67.9 Å². The van der Waals surface area contributed by atoms with E-state index in [9.17, 15) is 9.59 Å². The molecule has 6 nitrogen and oxygen atoms in total. The molecular formula is C17H22N2O4S. The lowest BCUT2D eigenvalue weighted by molar-refractivity contribution is -0.152. The normalized spacial score (nSPS) is 23.0. The largest absolute Gasteiger partial charge is 0.484 e. The molecule has 0 aromatic heterocycles. The summed E-state index contributed by atoms with van der Waals surface area (Å²) in [6, 6.07) is 9.13. The minimum absolute atomic E-state index is 0.0135. The molecule has 2 amide bonds. The van der Waals surface area contributed by atoms with E-state index in [0.29, 0.717) is 18.3 Å². The Balaban J connectivity index is 1.36. The monoisotopic (exact) mass is 350 g/mol. The van der Waals surface area contributed by atoms with Gasteiger partial charge in [-0.05, 0) is 37.1 Å². The van der Waals surface area contributed by atoms with Gasteiger partial charge in [0.15, 0.2) is 6.61 Å². The van der Waals surface area contributed by atoms with Gasteiger partial charge in [0.05, 0.1) is 12.5 Å². The van der Waals surface area contributed by atoms with E-state index in [0.717, 1.165) is 31.6 Å². The van der Waals surface area contributed by atoms with Crippen molar-refractivity contribution >= 4 is 23.6 Å². The number of rotatable bonds is 8. The number of nitrogens with zero attached hydrogens (tertiary/aromatic N) is 1. The van der Waals surface area contributed by atoms with E-state index in [1.165, 1.54) is 5.01 Å². The first-order valence-corrected chi connectivity index (χ1v) is 9.30. The predicted molar refractivity (Wildman–Crippen MR) is 91.4 cm³/mol. The first-order valence-electron chi connectivity index (χ1n) is 8.25. The number of ether oxygens (including phenoxy) is 2. The summed E-state index contributed by atoms with van der Waals surface area (Å²) >= 11 is 1.69. The van der Waals surface area contributed by atoms with E-state index in [1.807, 2.05) is 18.2 Å². The molecule has 1 N–H and O–H groups in total. The molecule has 0 radical (unpaired) electrons. The van der Waals surface area contributed by atoms with Gasteiger partial charge in [-0.25, -0.2) is 5.01 Å². The van der Waals surface area contributed by atoms with Gasteiger partial charge in [-0.2, -0.15) is 0 Å². The summed E-state index contributed by atoms with van der Waals surface area (Å²) < 4.78 is 11.0. The van der Waals surface area contributed by atoms with Crippen molar-refractivity contribution in [2.75, 3.05) is 19.0 Å². The Bertz CT molecular complexity index is 563. The molecule has 2 aliphatic rings. The van der Waals surface area contributed by atoms with Gasteiger partial charge in [-0.3, -0.25) is 15.0 Å². The van der Waals surface area contributed by atoms with Crippen molar-refractivity contribution in [2.24, 2.45) is 0 Å². The molecule has 2 atom stereocenters. The molecule has 1 aromatic carbocycles. The van der Waals surface area contributed by atoms with Gasteiger partial charge in [0.2, 0.25) is 5.91 Å². The first-order chi connectivity index (χ1) is 11.7. The molecule has 0 bridgehead atoms. The number of β-lactam (4-membered cyclic amide) rings is 1. The van der Waals surface area contributed by atoms with E-state index in [4.69, 9.17) is 9.47 Å². The number of amides is 2. The number of para-hydroxylation sites is 1. The zero-order chi connectivity index (χ0) is 16.8. The van der Waals surface area contributed by atoms with E-state index >= 15 is 0 Å². The number of thioether (sulfide) groups is 1. The zero-order valence-corrected chi connectivity index (χ0v) is 14.3. The van der Waals surface area contributed by atoms with Crippen LogP contribution in [0.15, 0.2) is 30.3 Å². The van der Waals surface area contributed by atoms with Crippen molar-refractivity contribution in [1.82, 2.24) is 10.4 Å². The molecule has 2 aliphatic heterocycles. The number of hydrazine groups is 1. The van der Waals surface area contributed by atoms with Crippen LogP contribution >= 0.6 is 11.8 Å². The van der Waals surface area contributed by atoms with E-state index in [2.05, 4.69) is 5.43 Å². The van der Waals surface area contributed by atoms with Crippen LogP contribution in [0.2, 0.25) is 0 Å². The molecule has 7 heteroatoms. The SMILES string of the molecule is O=C(COc1ccccc1)NN1C(=O)CC1SCC[C@@H]1CCCO1. The summed E-state index contributed by atoms with van der Waals surface area (Å²) in [6.07, 6.45) is 4.09. The molecule has 0 saturated carbocycles. The number of hydrogen-bond acceptors (Lipinski definition) is 5. The Morgan fingerprint density at radius 1 is 1.38 bits per heavy atom. The summed E-state index contributed by atoms with van der Waals surface area (Å²) in [5.74, 6) is 1.18. The van der Waals surface area contributed by atoms with Gasteiger partial charge < -0.3 is 9.47 Å². The smallest absolute Gasteiger partial charge is 0.276 e. The molecule has 130 valence electrons. The summed E-state index contributed by atoms with van der Waals surface area (Å²) in [7, 11) is 0. The second-order valence-corrected chi connectivity index (χ2v) is 7.14. The van der Waals surface area contributed by atoms with E-state index in [1.54, 1.807) is 23.9 Å². The number of carbonyl (C=O) groups excluding carboxylic acids is 2. The third-order valence-electron chi connectivity index (χ3n) is 4.04. The Kier molecular flexibility index (Phi) is 5.98. The average Bonchev–Trinajstić information content (AvgIpc) is 3.11. The highest BCUT2D eigenvalue weighted by Crippen LogP contribution is 2.29. The maximum Gasteiger partial charge on any atom is 0.276 e. The number of nitrogens with one attached hydrogen (secondary N) is 1. The molecule has 2 heterocycles. The summed E-state index contributed by atoms with van der Waals surface area (Å²) in [5, 5.41) is 1.43. The molecule has 0 aliphatic carbocycles. The zero-order valence-electron chi connectivity index (χ0n) is 13.5. The van der Waals surface area contributed by atoms with Crippen molar-refractivity contribution in [3.8, 4) is 5.75 Å². The summed E-state index contributed by atoms with van der Waals surface area (Å²) in [4.78, 5) is 23.6. The fourth-order valence-electron chi connectivity index (χ4n) is 2.69. The van der Waals surface area contributed by atoms with E-state index < -0.39 is 0 Å². The number of hydrogen-bond donors (Lipinski definition) is 1. The maximum atomic E-state index is 11.9. The second-order valence-electron chi connectivity index (χ2n) is 5.85. The van der Waals surface area contributed by atoms with Crippen molar-refractivity contribution in [3.63, 3.8) is 0 Å². The van der Waals surface area contributed by atoms with Gasteiger partial charge >= 0.3 is 0 Å². The first kappa shape index (κ1) is 17.1. The molecule has 0 spiro atoms. The summed E-state index contributed by atoms with van der Waals surface area (Å²) in [5.41, 5.74) is 2.63. The van der Waals surface area contributed by atoms with Crippen LogP contribution < -0.4 is 10.2 Å². The standard InChI is InChI=1S/C17H22N2O4S/c20-15(12-23-13-5-2-1-3-6-13)18-19-16(21)11-17(19)24-10-8-14-7-4-9-22-14/h1-3,5-6,14,17H,4,7-12H2,(H,18,20)/t14-,17?/m0/s1. The minimum atomic E-state index is -0.323. The molecule has 2 fully saturated rings. The van der Waals surface area contributed by atoms with Crippen LogP contribution in [0.3, 0.4) is 0 Å². The third kappa shape index (κ3) is 4.64. The third-order valence-corrected chi connectivity index (χ3v) is 5.27. The van der Waals surface area contributed by atoms with Crippen LogP contribution in [0.1, 0.15) is 25.7 Å². The van der Waals surface area contributed by atoms with Gasteiger partial charge in [0.1, 0.15) is 11.1 Å². The Hall–Kier alpha value is -1.73. The Labute approximate surface area is 145 Å². The highest BCUT2D eigenvalue weighted by Gasteiger charge is 2.37. The van der Waals surface area contributed by atoms with Gasteiger partial charge in [0.25, 0.3) is 5.91 Å². The Morgan fingerprint density at radius 2 is 2.21 bits per heavy atom. The highest BCUT2D eigenvalue weighted by atomic mass is 32.2. The van der Waals surface area contributed by atoms with Crippen LogP contribution in [0.5, 0.6) is 5.75 Å². The lowest BCUT2D eigenvalue weighted by Gasteiger charge is -2.39. The lowest BCUT2D eigenvalue weighted by Crippen LogP contribution is -2.60. The van der Waals surface area contributed by atoms with Gasteiger partial charge in [-0.1, -0.05) is 18.2 Å². The van der Waals surface area contributed by atoms with Crippen molar-refractivity contribution in [1.29, 1.82) is 0 Å². The molecule has 1 unspecified atom stereocenters. The van der Waals surface area contributed by atoms with Crippen molar-refractivity contribution in [2.45, 2.75) is 37.2 Å². The Morgan fingerprint density at radius 3 is 2.92 bits per heavy atom. The van der Waals surface area contributed by atoms with Gasteiger partial charge in [-0.15, -0.1) is 11.8 Å². The number of carbonyl (C=O) groups is 2. The van der Waals surface area contributed by atoms with Crippen LogP contribution in [0, 0.1) is 0 Å². The van der Waals surface area contributed by atoms with Gasteiger partial charge in [0, 0.05) is 6.61 Å². The fourth-order valence-corrected chi connectivity index (χ4v) is 3.95. The lowest BCUT2D eigenvalue weighted by atomic mass is 10.2. The molecular weight excluding hydrogens is 328 g/mol. The highest BCUT2D eigenvalue weighted by molar-refractivity contribution is 7.99. The quantitative estimate of drug-likeness (QED) is 0.726. The molecule has 24 heavy (non-hydrogen) atoms. The molecule has 2 saturated heterocycles. The number of benzene rings is 1. The van der Waals surface area contributed by atoms with Crippen LogP contribution in [0.4, 0.5) is 0 Å². The minimum Gasteiger partial charge on any atom is -0.484 e. The van der Waals surface area contributed by atoms with E-state index in [-0.39, 0.29) is 23.8 Å². The molecule has 3 rings (SSSR count). The van der Waals surface area contributed by atoms with Crippen LogP contribution in [0.25, 0.3) is 0 Å². The summed E-state index contributed by atoms with van der Waals surface area (Å²) in [6.45, 7) is 0.752.